The molecule has 1 aromatic rings. The molecule has 1 fully saturated rings. The fourth-order valence-corrected chi connectivity index (χ4v) is 3.18. The third-order valence-electron chi connectivity index (χ3n) is 4.33. The molecule has 6 nitrogen and oxygen atoms in total. The van der Waals surface area contributed by atoms with Crippen molar-refractivity contribution in [3.63, 3.8) is 0 Å². The van der Waals surface area contributed by atoms with Crippen LogP contribution in [0.5, 0.6) is 0 Å². The predicted octanol–water partition coefficient (Wildman–Crippen LogP) is 0.674. The summed E-state index contributed by atoms with van der Waals surface area (Å²) in [5.74, 6) is -0.874. The molecule has 136 valence electrons. The number of benzene rings is 1. The van der Waals surface area contributed by atoms with Gasteiger partial charge in [-0.2, -0.15) is 0 Å². The van der Waals surface area contributed by atoms with E-state index in [-0.39, 0.29) is 6.42 Å². The van der Waals surface area contributed by atoms with Crippen molar-refractivity contribution >= 4 is 11.6 Å². The zero-order valence-electron chi connectivity index (χ0n) is 17.5. The minimum Gasteiger partial charge on any atom is -0.412 e. The summed E-state index contributed by atoms with van der Waals surface area (Å²) in [4.78, 5) is 0.727. The largest absolute Gasteiger partial charge is 0.412 e. The molecule has 7 heteroatoms. The summed E-state index contributed by atoms with van der Waals surface area (Å²) in [6.07, 6.45) is -1.94. The van der Waals surface area contributed by atoms with Crippen LogP contribution in [-0.2, 0) is 15.9 Å². The molecular formula is C18H22ClNO5. The maximum absolute atomic E-state index is 10.5. The van der Waals surface area contributed by atoms with Crippen LogP contribution in [0.15, 0.2) is 18.2 Å². The van der Waals surface area contributed by atoms with Crippen LogP contribution in [-0.4, -0.2) is 64.0 Å². The molecule has 0 bridgehead atoms. The van der Waals surface area contributed by atoms with E-state index in [9.17, 15) is 15.3 Å². The maximum atomic E-state index is 10.5. The van der Waals surface area contributed by atoms with Gasteiger partial charge in [0.15, 0.2) is 0 Å². The Morgan fingerprint density at radius 2 is 2.12 bits per heavy atom. The average molecular weight is 372 g/mol. The molecule has 2 aliphatic rings. The first-order valence-corrected chi connectivity index (χ1v) is 8.18. The highest BCUT2D eigenvalue weighted by Crippen LogP contribution is 2.31. The van der Waals surface area contributed by atoms with Crippen molar-refractivity contribution < 1.29 is 30.3 Å². The maximum Gasteiger partial charge on any atom is 0.240 e. The van der Waals surface area contributed by atoms with Crippen LogP contribution in [0.3, 0.4) is 0 Å². The first-order chi connectivity index (χ1) is 13.4. The van der Waals surface area contributed by atoms with Crippen LogP contribution < -0.4 is 0 Å². The van der Waals surface area contributed by atoms with Gasteiger partial charge in [-0.15, -0.1) is 0 Å². The predicted molar refractivity (Wildman–Crippen MR) is 91.7 cm³/mol. The molecule has 0 spiro atoms. The molecule has 0 amide bonds. The Hall–Kier alpha value is -1.33. The molecule has 3 rings (SSSR count). The third kappa shape index (κ3) is 3.63. The molecule has 25 heavy (non-hydrogen) atoms. The lowest BCUT2D eigenvalue weighted by atomic mass is 9.95. The van der Waals surface area contributed by atoms with E-state index in [1.54, 1.807) is 25.1 Å². The Labute approximate surface area is 157 Å². The van der Waals surface area contributed by atoms with Crippen LogP contribution in [0.25, 0.3) is 0 Å². The molecule has 0 aliphatic carbocycles. The first-order valence-electron chi connectivity index (χ1n) is 9.80. The normalized spacial score (nSPS) is 42.6. The smallest absolute Gasteiger partial charge is 0.240 e. The number of aliphatic hydroxyl groups excluding tert-OH is 3. The van der Waals surface area contributed by atoms with Gasteiger partial charge in [-0.1, -0.05) is 31.0 Å². The van der Waals surface area contributed by atoms with Crippen molar-refractivity contribution in [3.8, 4) is 12.5 Å². The summed E-state index contributed by atoms with van der Waals surface area (Å²) in [6.45, 7) is -3.15. The van der Waals surface area contributed by atoms with Crippen LogP contribution in [0.1, 0.15) is 29.5 Å². The zero-order chi connectivity index (χ0) is 21.7. The Morgan fingerprint density at radius 1 is 1.36 bits per heavy atom. The Morgan fingerprint density at radius 3 is 2.84 bits per heavy atom. The molecule has 0 radical (unpaired) electrons. The molecular weight excluding hydrogens is 346 g/mol. The molecule has 0 unspecified atom stereocenters. The Kier molecular flexibility index (Phi) is 4.15. The molecule has 3 N–H and O–H groups in total. The fourth-order valence-electron chi connectivity index (χ4n) is 3.00. The van der Waals surface area contributed by atoms with Crippen molar-refractivity contribution in [2.24, 2.45) is 0 Å². The number of fused-ring (bicyclic) bond motifs is 1. The molecule has 2 aliphatic heterocycles. The Bertz CT molecular complexity index is 820. The Balaban J connectivity index is 2.09. The van der Waals surface area contributed by atoms with Gasteiger partial charge < -0.3 is 24.8 Å². The number of ether oxygens (including phenoxy) is 2. The van der Waals surface area contributed by atoms with Crippen molar-refractivity contribution in [1.29, 1.82) is 0 Å². The van der Waals surface area contributed by atoms with E-state index in [0.29, 0.717) is 16.1 Å². The first kappa shape index (κ1) is 13.8. The molecule has 0 aromatic heterocycles. The van der Waals surface area contributed by atoms with E-state index in [2.05, 4.69) is 0 Å². The second-order valence-electron chi connectivity index (χ2n) is 6.00. The number of aryl methyl sites for hydroxylation is 1. The van der Waals surface area contributed by atoms with Gasteiger partial charge in [-0.05, 0) is 35.6 Å². The van der Waals surface area contributed by atoms with Crippen LogP contribution in [0, 0.1) is 12.5 Å². The van der Waals surface area contributed by atoms with Crippen LogP contribution in [0.4, 0.5) is 0 Å². The van der Waals surface area contributed by atoms with Crippen molar-refractivity contribution in [2.75, 3.05) is 13.0 Å². The molecule has 1 aromatic carbocycles. The molecule has 0 saturated carbocycles. The van der Waals surface area contributed by atoms with E-state index >= 15 is 0 Å². The topological polar surface area (TPSA) is 82.4 Å². The second kappa shape index (κ2) is 7.50. The summed E-state index contributed by atoms with van der Waals surface area (Å²) in [6, 6.07) is 4.81. The summed E-state index contributed by atoms with van der Waals surface area (Å²) in [5.41, 5.74) is 1.08. The quantitative estimate of drug-likeness (QED) is 0.663. The molecule has 6 atom stereocenters. The zero-order valence-corrected chi connectivity index (χ0v) is 14.2. The number of hydrogen-bond donors (Lipinski definition) is 3. The fraction of sp³-hybridized carbons (Fsp3) is 0.556. The lowest BCUT2D eigenvalue weighted by Crippen LogP contribution is -2.63. The minimum atomic E-state index is -2.38. The average Bonchev–Trinajstić information content (AvgIpc) is 2.68. The summed E-state index contributed by atoms with van der Waals surface area (Å²) in [5, 5.41) is 31.1. The number of halogens is 1. The van der Waals surface area contributed by atoms with Crippen molar-refractivity contribution in [1.82, 2.24) is 4.90 Å². The van der Waals surface area contributed by atoms with Gasteiger partial charge in [0.2, 0.25) is 6.29 Å². The number of rotatable bonds is 2. The number of hydrogen-bond acceptors (Lipinski definition) is 6. The third-order valence-corrected chi connectivity index (χ3v) is 4.57. The number of aliphatic hydroxyl groups is 3. The van der Waals surface area contributed by atoms with E-state index in [4.69, 9.17) is 33.0 Å². The van der Waals surface area contributed by atoms with E-state index in [1.807, 2.05) is 6.11 Å². The van der Waals surface area contributed by atoms with Gasteiger partial charge in [0.05, 0.1) is 0 Å². The van der Waals surface area contributed by atoms with Gasteiger partial charge in [0, 0.05) is 23.5 Å². The number of terminal acetylenes is 1. The highest BCUT2D eigenvalue weighted by molar-refractivity contribution is 6.30. The summed E-state index contributed by atoms with van der Waals surface area (Å²) >= 11 is 6.07. The highest BCUT2D eigenvalue weighted by Gasteiger charge is 2.47. The standard InChI is InChI=1S/C18H22ClNO5/c1-3-24-18-16(23)14(21)15(22)17(25-18)20-7-6-11-4-5-12(19)8-13(11)10(2)9-20/h1,4-5,8,10,14-18,21-23H,6-7,9H2,2H3/t10-,14+,15+,16-,17+,18-/m0/s1/i7D2,9D2. The minimum absolute atomic E-state index is 0.227. The van der Waals surface area contributed by atoms with Gasteiger partial charge in [0.1, 0.15) is 30.6 Å². The van der Waals surface area contributed by atoms with Crippen LogP contribution >= 0.6 is 11.6 Å². The highest BCUT2D eigenvalue weighted by atomic mass is 35.5. The van der Waals surface area contributed by atoms with E-state index in [1.165, 1.54) is 0 Å². The van der Waals surface area contributed by atoms with E-state index < -0.39 is 49.7 Å². The van der Waals surface area contributed by atoms with Crippen molar-refractivity contribution in [2.45, 2.75) is 50.1 Å². The van der Waals surface area contributed by atoms with Crippen molar-refractivity contribution in [3.05, 3.63) is 34.3 Å². The summed E-state index contributed by atoms with van der Waals surface area (Å²) in [7, 11) is 0. The summed E-state index contributed by atoms with van der Waals surface area (Å²) < 4.78 is 44.8. The van der Waals surface area contributed by atoms with E-state index in [0.717, 1.165) is 4.90 Å². The number of nitrogens with zero attached hydrogens (tertiary/aromatic N) is 1. The van der Waals surface area contributed by atoms with Crippen LogP contribution in [0.2, 0.25) is 5.02 Å². The van der Waals surface area contributed by atoms with Gasteiger partial charge in [-0.25, -0.2) is 0 Å². The molecule has 2 heterocycles. The second-order valence-corrected chi connectivity index (χ2v) is 6.44. The lowest BCUT2D eigenvalue weighted by Gasteiger charge is -2.44. The lowest BCUT2D eigenvalue weighted by molar-refractivity contribution is -0.309. The van der Waals surface area contributed by atoms with Gasteiger partial charge in [0.25, 0.3) is 0 Å². The monoisotopic (exact) mass is 371 g/mol. The van der Waals surface area contributed by atoms with Gasteiger partial charge >= 0.3 is 0 Å². The van der Waals surface area contributed by atoms with Gasteiger partial charge in [-0.3, -0.25) is 4.90 Å². The molecule has 1 saturated heterocycles. The SMILES string of the molecule is [2H]C1([2H])Cc2ccc(Cl)cc2[C@@H](C)C([2H])([2H])N1[C@@H]1O[C@H](OC#C)[C@@H](O)[C@H](O)[C@H]1O.